The van der Waals surface area contributed by atoms with Crippen LogP contribution in [-0.2, 0) is 41.8 Å². The molecule has 1 aromatic rings. The molecule has 14 nitrogen and oxygen atoms in total. The van der Waals surface area contributed by atoms with E-state index in [0.29, 0.717) is 6.42 Å². The number of hydrogen-bond acceptors (Lipinski definition) is 13. The van der Waals surface area contributed by atoms with Gasteiger partial charge >= 0.3 is 18.1 Å². The number of non-ortho nitro benzene ring substituents is 1. The molecule has 72 heavy (non-hydrogen) atoms. The van der Waals surface area contributed by atoms with Crippen LogP contribution in [0.3, 0.4) is 0 Å². The van der Waals surface area contributed by atoms with Gasteiger partial charge in [-0.2, -0.15) is 0 Å². The molecular weight excluding hydrogens is 967 g/mol. The van der Waals surface area contributed by atoms with E-state index in [4.69, 9.17) is 37.0 Å². The van der Waals surface area contributed by atoms with Crippen LogP contribution in [0.5, 0.6) is 5.75 Å². The van der Waals surface area contributed by atoms with Gasteiger partial charge in [0, 0.05) is 43.4 Å². The van der Waals surface area contributed by atoms with Crippen LogP contribution in [0.2, 0.25) is 54.4 Å². The molecule has 6 unspecified atom stereocenters. The molecular formula is C55H93NO13Si3. The normalized spacial score (nSPS) is 25.3. The molecule has 1 aromatic carbocycles. The summed E-state index contributed by atoms with van der Waals surface area (Å²) in [7, 11) is -6.22. The van der Waals surface area contributed by atoms with Crippen LogP contribution in [0.4, 0.5) is 10.5 Å². The first kappa shape index (κ1) is 62.8. The van der Waals surface area contributed by atoms with E-state index in [-0.39, 0.29) is 54.9 Å². The fourth-order valence-corrected chi connectivity index (χ4v) is 19.5. The Morgan fingerprint density at radius 2 is 1.46 bits per heavy atom. The summed E-state index contributed by atoms with van der Waals surface area (Å²) >= 11 is 0. The van der Waals surface area contributed by atoms with Gasteiger partial charge in [0.05, 0.1) is 35.3 Å². The second-order valence-electron chi connectivity index (χ2n) is 20.9. The zero-order chi connectivity index (χ0) is 54.1. The summed E-state index contributed by atoms with van der Waals surface area (Å²) in [5, 5.41) is 11.3. The van der Waals surface area contributed by atoms with Crippen LogP contribution in [0.15, 0.2) is 60.2 Å². The van der Waals surface area contributed by atoms with Crippen LogP contribution in [0, 0.1) is 22.0 Å². The quantitative estimate of drug-likeness (QED) is 0.00939. The topological polar surface area (TPSA) is 171 Å². The number of carbonyl (C=O) groups is 3. The summed E-state index contributed by atoms with van der Waals surface area (Å²) in [6.07, 6.45) is 8.42. The average Bonchev–Trinajstić information content (AvgIpc) is 4.12. The van der Waals surface area contributed by atoms with Gasteiger partial charge in [-0.05, 0) is 118 Å². The van der Waals surface area contributed by atoms with Crippen molar-refractivity contribution < 1.29 is 56.3 Å². The molecule has 0 amide bonds. The Kier molecular flexibility index (Phi) is 24.8. The molecule has 0 N–H and O–H groups in total. The smallest absolute Gasteiger partial charge is 0.457 e. The predicted octanol–water partition coefficient (Wildman–Crippen LogP) is 14.4. The number of nitrogens with zero attached hydrogens (tertiary/aromatic N) is 1. The van der Waals surface area contributed by atoms with Crippen LogP contribution < -0.4 is 4.74 Å². The largest absolute Gasteiger partial charge is 0.514 e. The number of nitro benzene ring substituents is 1. The predicted molar refractivity (Wildman–Crippen MR) is 293 cm³/mol. The van der Waals surface area contributed by atoms with Crippen molar-refractivity contribution in [2.45, 2.75) is 245 Å². The molecule has 10 atom stereocenters. The van der Waals surface area contributed by atoms with Gasteiger partial charge in [-0.15, -0.1) is 0 Å². The third-order valence-electron chi connectivity index (χ3n) is 16.2. The van der Waals surface area contributed by atoms with E-state index >= 15 is 0 Å². The summed E-state index contributed by atoms with van der Waals surface area (Å²) < 4.78 is 51.8. The molecule has 2 aliphatic rings. The Balaban J connectivity index is 2.07. The van der Waals surface area contributed by atoms with E-state index < -0.39 is 83.4 Å². The monoisotopic (exact) mass is 1060 g/mol. The van der Waals surface area contributed by atoms with Crippen molar-refractivity contribution in [2.75, 3.05) is 0 Å². The number of esters is 2. The number of rotatable bonds is 27. The van der Waals surface area contributed by atoms with Crippen LogP contribution in [-0.4, -0.2) is 95.8 Å². The third-order valence-corrected chi connectivity index (χ3v) is 30.3. The fraction of sp³-hybridized carbons (Fsp3) is 0.727. The van der Waals surface area contributed by atoms with Gasteiger partial charge in [-0.3, -0.25) is 19.7 Å². The SMILES string of the molecule is CC[C@H](O[Si](CC)(CC)CC)[C@@H](C)[C@H]1O[C@@H]1CC(C)(/C=C/C=C(\C)C1OC(=O)CC(O[Si](CC)(CC)CC)CCC(C)(OC(=O)Oc2ccc([N+](=O)[O-])cc2)C(OC(C)=O)C=CC1C)O[Si](CC)(CC)CC. The standard InChI is InChI=1S/C55H93NO13Si3/c1-17-47(68-71(21-5,22-6)23-7)42(13)52-48(64-52)39-54(15,69-72(24-8,25-9)26-10)36-27-28-40(11)51-41(12)29-34-49(62-43(14)57)55(16,66-53(59)63-45-32-30-44(31-33-45)56(60)61)37-35-46(38-50(58)65-51)67-70(18-2,19-3)20-4/h27-34,36,41-42,46-49,51-52H,17-26,35,37-39H2,1-16H3/b34-29?,36-27+,40-28+/t41?,42-,46?,47+,48-,49?,51?,52-,54?,55?/m1/s1. The number of nitro groups is 1. The molecule has 0 aliphatic carbocycles. The summed E-state index contributed by atoms with van der Waals surface area (Å²) in [5.41, 5.74) is -1.50. The molecule has 2 aliphatic heterocycles. The molecule has 408 valence electrons. The number of ether oxygens (including phenoxy) is 5. The lowest BCUT2D eigenvalue weighted by molar-refractivity contribution is -0.384. The Morgan fingerprint density at radius 3 is 1.97 bits per heavy atom. The van der Waals surface area contributed by atoms with E-state index in [0.717, 1.165) is 66.4 Å². The molecule has 1 saturated heterocycles. The van der Waals surface area contributed by atoms with Gasteiger partial charge in [-0.1, -0.05) is 107 Å². The molecule has 2 heterocycles. The minimum absolute atomic E-state index is 0.0297. The Hall–Kier alpha value is -3.46. The minimum atomic E-state index is -2.30. The summed E-state index contributed by atoms with van der Waals surface area (Å²) in [6, 6.07) is 13.9. The van der Waals surface area contributed by atoms with Gasteiger partial charge in [0.1, 0.15) is 11.9 Å². The maximum atomic E-state index is 14.2. The van der Waals surface area contributed by atoms with Crippen LogP contribution in [0.1, 0.15) is 143 Å². The molecule has 0 radical (unpaired) electrons. The highest BCUT2D eigenvalue weighted by Gasteiger charge is 2.51. The van der Waals surface area contributed by atoms with E-state index in [9.17, 15) is 24.5 Å². The van der Waals surface area contributed by atoms with E-state index in [1.807, 2.05) is 32.1 Å². The van der Waals surface area contributed by atoms with Gasteiger partial charge in [0.25, 0.3) is 5.69 Å². The molecule has 17 heteroatoms. The van der Waals surface area contributed by atoms with Crippen molar-refractivity contribution in [3.05, 3.63) is 70.3 Å². The second-order valence-corrected chi connectivity index (χ2v) is 35.0. The number of benzene rings is 1. The second kappa shape index (κ2) is 28.4. The lowest BCUT2D eigenvalue weighted by Crippen LogP contribution is -2.47. The molecule has 0 spiro atoms. The fourth-order valence-electron chi connectivity index (χ4n) is 10.5. The molecule has 3 rings (SSSR count). The highest BCUT2D eigenvalue weighted by atomic mass is 28.4. The van der Waals surface area contributed by atoms with Crippen LogP contribution in [0.25, 0.3) is 0 Å². The highest BCUT2D eigenvalue weighted by molar-refractivity contribution is 6.74. The Morgan fingerprint density at radius 1 is 0.889 bits per heavy atom. The zero-order valence-electron chi connectivity index (χ0n) is 47.0. The maximum absolute atomic E-state index is 14.2. The maximum Gasteiger partial charge on any atom is 0.514 e. The number of allylic oxidation sites excluding steroid dienone is 2. The third kappa shape index (κ3) is 17.6. The van der Waals surface area contributed by atoms with Crippen molar-refractivity contribution in [1.29, 1.82) is 0 Å². The van der Waals surface area contributed by atoms with Gasteiger partial charge in [0.2, 0.25) is 0 Å². The van der Waals surface area contributed by atoms with Crippen molar-refractivity contribution >= 4 is 48.7 Å². The first-order chi connectivity index (χ1) is 34.0. The van der Waals surface area contributed by atoms with Gasteiger partial charge in [-0.25, -0.2) is 4.79 Å². The van der Waals surface area contributed by atoms with Crippen molar-refractivity contribution in [3.8, 4) is 5.75 Å². The van der Waals surface area contributed by atoms with E-state index in [1.54, 1.807) is 13.0 Å². The van der Waals surface area contributed by atoms with Crippen molar-refractivity contribution in [3.63, 3.8) is 0 Å². The van der Waals surface area contributed by atoms with Crippen molar-refractivity contribution in [2.24, 2.45) is 11.8 Å². The number of carbonyl (C=O) groups excluding carboxylic acids is 3. The lowest BCUT2D eigenvalue weighted by Gasteiger charge is -2.39. The number of cyclic esters (lactones) is 1. The van der Waals surface area contributed by atoms with Crippen molar-refractivity contribution in [1.82, 2.24) is 0 Å². The average molecular weight is 1060 g/mol. The minimum Gasteiger partial charge on any atom is -0.457 e. The molecule has 0 bridgehead atoms. The number of hydrogen-bond donors (Lipinski definition) is 0. The first-order valence-corrected chi connectivity index (χ1v) is 34.8. The van der Waals surface area contributed by atoms with Gasteiger partial charge in [0.15, 0.2) is 36.7 Å². The summed E-state index contributed by atoms with van der Waals surface area (Å²) in [6.45, 7) is 33.4. The lowest BCUT2D eigenvalue weighted by atomic mass is 9.88. The number of epoxide rings is 1. The van der Waals surface area contributed by atoms with Crippen LogP contribution >= 0.6 is 0 Å². The van der Waals surface area contributed by atoms with E-state index in [2.05, 4.69) is 89.2 Å². The molecule has 0 saturated carbocycles. The molecule has 1 fully saturated rings. The summed E-state index contributed by atoms with van der Waals surface area (Å²) in [5.74, 6) is -1.16. The zero-order valence-corrected chi connectivity index (χ0v) is 50.0. The molecule has 0 aromatic heterocycles. The Bertz CT molecular complexity index is 1960. The van der Waals surface area contributed by atoms with E-state index in [1.165, 1.54) is 31.2 Å². The highest BCUT2D eigenvalue weighted by Crippen LogP contribution is 2.43. The Labute approximate surface area is 436 Å². The van der Waals surface area contributed by atoms with Gasteiger partial charge < -0.3 is 37.0 Å². The summed E-state index contributed by atoms with van der Waals surface area (Å²) in [4.78, 5) is 51.3. The first-order valence-electron chi connectivity index (χ1n) is 27.2.